The second-order valence-electron chi connectivity index (χ2n) is 5.49. The Morgan fingerprint density at radius 2 is 1.80 bits per heavy atom. The third kappa shape index (κ3) is 2.63. The molecule has 0 saturated heterocycles. The van der Waals surface area contributed by atoms with Gasteiger partial charge in [0.25, 0.3) is 5.56 Å². The molecule has 2 heterocycles. The van der Waals surface area contributed by atoms with Gasteiger partial charge in [-0.05, 0) is 23.8 Å². The van der Waals surface area contributed by atoms with Crippen molar-refractivity contribution in [1.82, 2.24) is 18.7 Å². The van der Waals surface area contributed by atoms with Crippen molar-refractivity contribution in [3.63, 3.8) is 0 Å². The number of rotatable bonds is 3. The molecule has 0 unspecified atom stereocenters. The quantitative estimate of drug-likeness (QED) is 0.344. The third-order valence-corrected chi connectivity index (χ3v) is 3.85. The van der Waals surface area contributed by atoms with E-state index < -0.39 is 11.2 Å². The molecule has 0 radical (unpaired) electrons. The van der Waals surface area contributed by atoms with Gasteiger partial charge in [-0.15, -0.1) is 0 Å². The molecule has 0 atom stereocenters. The lowest BCUT2D eigenvalue weighted by molar-refractivity contribution is 0.403. The van der Waals surface area contributed by atoms with E-state index in [2.05, 4.69) is 15.5 Å². The maximum Gasteiger partial charge on any atom is 0.332 e. The van der Waals surface area contributed by atoms with Crippen LogP contribution in [0.5, 0.6) is 11.5 Å². The summed E-state index contributed by atoms with van der Waals surface area (Å²) in [5.74, 6) is -0.213. The minimum absolute atomic E-state index is 0.225. The lowest BCUT2D eigenvalue weighted by Gasteiger charge is -2.03. The number of hydrogen-bond acceptors (Lipinski definition) is 7. The predicted octanol–water partition coefficient (Wildman–Crippen LogP) is -0.172. The molecule has 3 rings (SSSR count). The maximum absolute atomic E-state index is 12.3. The summed E-state index contributed by atoms with van der Waals surface area (Å²) < 4.78 is 3.79. The smallest absolute Gasteiger partial charge is 0.332 e. The Balaban J connectivity index is 1.98. The van der Waals surface area contributed by atoms with Crippen LogP contribution in [0.25, 0.3) is 11.2 Å². The third-order valence-electron chi connectivity index (χ3n) is 3.85. The van der Waals surface area contributed by atoms with Crippen LogP contribution < -0.4 is 16.7 Å². The molecule has 10 nitrogen and oxygen atoms in total. The minimum atomic E-state index is -0.467. The van der Waals surface area contributed by atoms with Crippen LogP contribution in [-0.2, 0) is 21.1 Å². The Morgan fingerprint density at radius 3 is 2.48 bits per heavy atom. The van der Waals surface area contributed by atoms with E-state index in [1.807, 2.05) is 0 Å². The molecule has 2 aromatic heterocycles. The van der Waals surface area contributed by atoms with E-state index in [0.717, 1.165) is 4.57 Å². The number of phenolic OH excluding ortho intramolecular Hbond substituents is 2. The second-order valence-corrected chi connectivity index (χ2v) is 5.49. The van der Waals surface area contributed by atoms with Crippen molar-refractivity contribution in [2.24, 2.45) is 26.2 Å². The molecular weight excluding hydrogens is 328 g/mol. The topological polar surface area (TPSA) is 127 Å². The number of nitrogens with one attached hydrogen (secondary N) is 1. The summed E-state index contributed by atoms with van der Waals surface area (Å²) in [6, 6.07) is 4.24. The van der Waals surface area contributed by atoms with Crippen LogP contribution in [-0.4, -0.2) is 35.1 Å². The fourth-order valence-corrected chi connectivity index (χ4v) is 2.40. The van der Waals surface area contributed by atoms with Crippen LogP contribution >= 0.6 is 0 Å². The Hall–Kier alpha value is -3.56. The molecule has 0 aliphatic rings. The summed E-state index contributed by atoms with van der Waals surface area (Å²) in [6.07, 6.45) is 1.41. The summed E-state index contributed by atoms with van der Waals surface area (Å²) in [6.45, 7) is 0. The number of aryl methyl sites for hydroxylation is 2. The SMILES string of the molecule is Cn1c(=O)c2c(nc(N/N=C/c3ccc(O)c(O)c3)n2C)n(C)c1=O. The number of fused-ring (bicyclic) bond motifs is 1. The highest BCUT2D eigenvalue weighted by Gasteiger charge is 2.16. The van der Waals surface area contributed by atoms with E-state index >= 15 is 0 Å². The lowest BCUT2D eigenvalue weighted by atomic mass is 10.2. The zero-order valence-corrected chi connectivity index (χ0v) is 13.8. The zero-order valence-electron chi connectivity index (χ0n) is 13.8. The Labute approximate surface area is 140 Å². The fraction of sp³-hybridized carbons (Fsp3) is 0.200. The number of anilines is 1. The predicted molar refractivity (Wildman–Crippen MR) is 92.2 cm³/mol. The molecule has 0 spiro atoms. The summed E-state index contributed by atoms with van der Waals surface area (Å²) in [5.41, 5.74) is 2.83. The summed E-state index contributed by atoms with van der Waals surface area (Å²) >= 11 is 0. The Bertz CT molecular complexity index is 1120. The Kier molecular flexibility index (Phi) is 3.79. The largest absolute Gasteiger partial charge is 0.504 e. The first-order valence-corrected chi connectivity index (χ1v) is 7.24. The average molecular weight is 344 g/mol. The van der Waals surface area contributed by atoms with Gasteiger partial charge in [0.2, 0.25) is 5.95 Å². The fourth-order valence-electron chi connectivity index (χ4n) is 2.40. The summed E-state index contributed by atoms with van der Waals surface area (Å²) in [4.78, 5) is 28.5. The van der Waals surface area contributed by atoms with Crippen LogP contribution in [0.4, 0.5) is 5.95 Å². The molecule has 0 aliphatic heterocycles. The molecule has 3 aromatic rings. The van der Waals surface area contributed by atoms with Gasteiger partial charge < -0.3 is 14.8 Å². The van der Waals surface area contributed by atoms with Crippen LogP contribution in [0, 0.1) is 0 Å². The molecule has 25 heavy (non-hydrogen) atoms. The Morgan fingerprint density at radius 1 is 1.08 bits per heavy atom. The molecule has 0 bridgehead atoms. The number of nitrogens with zero attached hydrogens (tertiary/aromatic N) is 5. The molecule has 0 aliphatic carbocycles. The lowest BCUT2D eigenvalue weighted by Crippen LogP contribution is -2.37. The molecule has 0 saturated carbocycles. The number of imidazole rings is 1. The number of phenols is 2. The van der Waals surface area contributed by atoms with Crippen molar-refractivity contribution in [3.05, 3.63) is 44.6 Å². The molecular formula is C15H16N6O4. The number of aromatic nitrogens is 4. The van der Waals surface area contributed by atoms with Gasteiger partial charge in [-0.3, -0.25) is 13.9 Å². The summed E-state index contributed by atoms with van der Waals surface area (Å²) in [7, 11) is 4.56. The van der Waals surface area contributed by atoms with E-state index in [4.69, 9.17) is 0 Å². The van der Waals surface area contributed by atoms with E-state index in [1.54, 1.807) is 13.1 Å². The normalized spacial score (nSPS) is 11.5. The van der Waals surface area contributed by atoms with Gasteiger partial charge in [0.1, 0.15) is 0 Å². The van der Waals surface area contributed by atoms with Crippen LogP contribution in [0.1, 0.15) is 5.56 Å². The van der Waals surface area contributed by atoms with Crippen LogP contribution in [0.3, 0.4) is 0 Å². The highest BCUT2D eigenvalue weighted by Crippen LogP contribution is 2.24. The number of benzene rings is 1. The monoisotopic (exact) mass is 344 g/mol. The molecule has 0 amide bonds. The number of hydrazone groups is 1. The maximum atomic E-state index is 12.3. The highest BCUT2D eigenvalue weighted by atomic mass is 16.3. The average Bonchev–Trinajstić information content (AvgIpc) is 2.91. The van der Waals surface area contributed by atoms with Crippen molar-refractivity contribution >= 4 is 23.3 Å². The molecule has 10 heteroatoms. The van der Waals surface area contributed by atoms with Gasteiger partial charge in [-0.25, -0.2) is 10.2 Å². The van der Waals surface area contributed by atoms with Gasteiger partial charge in [-0.1, -0.05) is 0 Å². The van der Waals surface area contributed by atoms with Gasteiger partial charge in [0.05, 0.1) is 6.21 Å². The van der Waals surface area contributed by atoms with E-state index in [9.17, 15) is 19.8 Å². The van der Waals surface area contributed by atoms with E-state index in [-0.39, 0.29) is 28.6 Å². The highest BCUT2D eigenvalue weighted by molar-refractivity contribution is 5.81. The van der Waals surface area contributed by atoms with Crippen LogP contribution in [0.2, 0.25) is 0 Å². The van der Waals surface area contributed by atoms with E-state index in [1.165, 1.54) is 41.6 Å². The van der Waals surface area contributed by atoms with Crippen molar-refractivity contribution in [3.8, 4) is 11.5 Å². The minimum Gasteiger partial charge on any atom is -0.504 e. The number of aromatic hydroxyl groups is 2. The molecule has 0 fully saturated rings. The first-order valence-electron chi connectivity index (χ1n) is 7.24. The van der Waals surface area contributed by atoms with Crippen molar-refractivity contribution < 1.29 is 10.2 Å². The molecule has 3 N–H and O–H groups in total. The van der Waals surface area contributed by atoms with Gasteiger partial charge in [0, 0.05) is 21.1 Å². The van der Waals surface area contributed by atoms with Crippen molar-refractivity contribution in [2.75, 3.05) is 5.43 Å². The van der Waals surface area contributed by atoms with Crippen molar-refractivity contribution in [1.29, 1.82) is 0 Å². The van der Waals surface area contributed by atoms with Gasteiger partial charge >= 0.3 is 5.69 Å². The van der Waals surface area contributed by atoms with Crippen LogP contribution in [0.15, 0.2) is 32.9 Å². The van der Waals surface area contributed by atoms with Crippen molar-refractivity contribution in [2.45, 2.75) is 0 Å². The van der Waals surface area contributed by atoms with Gasteiger partial charge in [-0.2, -0.15) is 10.1 Å². The first-order chi connectivity index (χ1) is 11.8. The number of hydrogen-bond donors (Lipinski definition) is 3. The first kappa shape index (κ1) is 16.3. The van der Waals surface area contributed by atoms with E-state index in [0.29, 0.717) is 5.56 Å². The standard InChI is InChI=1S/C15H16N6O4/c1-19-11-12(20(2)15(25)21(3)13(11)24)17-14(19)18-16-7-8-4-5-9(22)10(23)6-8/h4-7,22-23H,1-3H3,(H,17,18)/b16-7+. The second kappa shape index (κ2) is 5.82. The summed E-state index contributed by atoms with van der Waals surface area (Å²) in [5, 5.41) is 22.7. The zero-order chi connectivity index (χ0) is 18.3. The van der Waals surface area contributed by atoms with Gasteiger partial charge in [0.15, 0.2) is 22.7 Å². The molecule has 1 aromatic carbocycles. The molecule has 130 valence electrons.